The van der Waals surface area contributed by atoms with E-state index in [0.29, 0.717) is 5.69 Å². The van der Waals surface area contributed by atoms with Gasteiger partial charge in [0.2, 0.25) is 0 Å². The van der Waals surface area contributed by atoms with Gasteiger partial charge in [0.1, 0.15) is 35.5 Å². The van der Waals surface area contributed by atoms with Crippen molar-refractivity contribution in [2.75, 3.05) is 6.61 Å². The summed E-state index contributed by atoms with van der Waals surface area (Å²) >= 11 is 5.68. The van der Waals surface area contributed by atoms with Crippen molar-refractivity contribution >= 4 is 24.0 Å². The summed E-state index contributed by atoms with van der Waals surface area (Å²) in [5, 5.41) is 41.6. The fraction of sp³-hybridized carbons (Fsp3) is 0.500. The van der Waals surface area contributed by atoms with Crippen LogP contribution in [0.4, 0.5) is 0 Å². The van der Waals surface area contributed by atoms with Crippen molar-refractivity contribution in [3.8, 4) is 11.3 Å². The predicted octanol–water partition coefficient (Wildman–Crippen LogP) is -0.0835. The summed E-state index contributed by atoms with van der Waals surface area (Å²) < 4.78 is 6.64. The molecule has 114 valence electrons. The zero-order chi connectivity index (χ0) is 15.0. The molecule has 3 rings (SSSR count). The van der Waals surface area contributed by atoms with Gasteiger partial charge >= 0.3 is 0 Å². The van der Waals surface area contributed by atoms with Crippen LogP contribution < -0.4 is 0 Å². The zero-order valence-corrected chi connectivity index (χ0v) is 12.6. The summed E-state index contributed by atoms with van der Waals surface area (Å²) in [7, 11) is 0. The highest BCUT2D eigenvalue weighted by molar-refractivity contribution is 7.80. The molecule has 3 N–H and O–H groups in total. The molecule has 0 amide bonds. The lowest BCUT2D eigenvalue weighted by Crippen LogP contribution is -2.54. The molecule has 1 saturated heterocycles. The predicted molar refractivity (Wildman–Crippen MR) is 79.1 cm³/mol. The fourth-order valence-electron chi connectivity index (χ4n) is 2.36. The summed E-state index contributed by atoms with van der Waals surface area (Å²) in [5.74, 6) is 0. The molecule has 0 saturated carbocycles. The Bertz CT molecular complexity index is 591. The van der Waals surface area contributed by atoms with Gasteiger partial charge in [-0.1, -0.05) is 5.21 Å². The highest BCUT2D eigenvalue weighted by Crippen LogP contribution is 2.32. The summed E-state index contributed by atoms with van der Waals surface area (Å²) in [6.07, 6.45) is -1.34. The lowest BCUT2D eigenvalue weighted by molar-refractivity contribution is -0.178. The average Bonchev–Trinajstić information content (AvgIpc) is 3.13. The second-order valence-corrected chi connectivity index (χ2v) is 6.10. The molecule has 0 bridgehead atoms. The van der Waals surface area contributed by atoms with Crippen molar-refractivity contribution in [3.63, 3.8) is 0 Å². The molecule has 0 aromatic carbocycles. The van der Waals surface area contributed by atoms with Gasteiger partial charge in [-0.05, 0) is 11.4 Å². The third-order valence-corrected chi connectivity index (χ3v) is 4.61. The number of thiophene rings is 1. The second kappa shape index (κ2) is 6.03. The van der Waals surface area contributed by atoms with Crippen LogP contribution in [0.3, 0.4) is 0 Å². The minimum Gasteiger partial charge on any atom is -0.394 e. The fourth-order valence-corrected chi connectivity index (χ4v) is 3.34. The highest BCUT2D eigenvalue weighted by atomic mass is 32.1. The van der Waals surface area contributed by atoms with Crippen LogP contribution in [0.25, 0.3) is 11.3 Å². The van der Waals surface area contributed by atoms with E-state index in [2.05, 4.69) is 22.9 Å². The first kappa shape index (κ1) is 14.9. The van der Waals surface area contributed by atoms with Crippen LogP contribution in [0, 0.1) is 0 Å². The molecule has 0 radical (unpaired) electrons. The molecule has 7 nitrogen and oxygen atoms in total. The third-order valence-electron chi connectivity index (χ3n) is 3.50. The molecule has 2 aromatic rings. The van der Waals surface area contributed by atoms with Gasteiger partial charge in [0.25, 0.3) is 0 Å². The maximum atomic E-state index is 10.2. The van der Waals surface area contributed by atoms with E-state index in [-0.39, 0.29) is 6.61 Å². The first-order valence-corrected chi connectivity index (χ1v) is 7.82. The Labute approximate surface area is 130 Å². The topological polar surface area (TPSA) is 101 Å². The summed E-state index contributed by atoms with van der Waals surface area (Å²) in [6.45, 7) is -0.368. The minimum absolute atomic E-state index is 0.368. The van der Waals surface area contributed by atoms with E-state index < -0.39 is 29.8 Å². The Balaban J connectivity index is 1.90. The van der Waals surface area contributed by atoms with Gasteiger partial charge < -0.3 is 20.1 Å². The standard InChI is InChI=1S/C12H15N3O4S2/c16-4-8-10(17)9(11(18)12(20)19-8)15-3-7(13-14-15)6-1-2-21-5-6/h1-3,5,8-12,16-18,20H,4H2/t8-,9+,10+,11-,12+/m1/s1. The molecule has 3 heterocycles. The van der Waals surface area contributed by atoms with Crippen LogP contribution in [-0.2, 0) is 4.74 Å². The largest absolute Gasteiger partial charge is 0.394 e. The summed E-state index contributed by atoms with van der Waals surface area (Å²) in [4.78, 5) is 0. The van der Waals surface area contributed by atoms with Crippen molar-refractivity contribution in [1.29, 1.82) is 0 Å². The van der Waals surface area contributed by atoms with Crippen LogP contribution in [0.15, 0.2) is 23.0 Å². The van der Waals surface area contributed by atoms with Crippen LogP contribution in [0.2, 0.25) is 0 Å². The van der Waals surface area contributed by atoms with E-state index >= 15 is 0 Å². The van der Waals surface area contributed by atoms with E-state index in [1.54, 1.807) is 17.5 Å². The smallest absolute Gasteiger partial charge is 0.129 e. The Morgan fingerprint density at radius 2 is 2.19 bits per heavy atom. The van der Waals surface area contributed by atoms with Crippen molar-refractivity contribution in [2.24, 2.45) is 0 Å². The van der Waals surface area contributed by atoms with Crippen LogP contribution in [0.5, 0.6) is 0 Å². The van der Waals surface area contributed by atoms with Crippen molar-refractivity contribution in [1.82, 2.24) is 15.0 Å². The van der Waals surface area contributed by atoms with Gasteiger partial charge in [0, 0.05) is 10.9 Å². The van der Waals surface area contributed by atoms with E-state index in [1.165, 1.54) is 4.68 Å². The number of thiol groups is 1. The Hall–Kier alpha value is -0.970. The number of aliphatic hydroxyl groups excluding tert-OH is 3. The second-order valence-electron chi connectivity index (χ2n) is 4.82. The molecule has 2 aromatic heterocycles. The number of ether oxygens (including phenoxy) is 1. The van der Waals surface area contributed by atoms with Gasteiger partial charge in [-0.2, -0.15) is 11.3 Å². The molecule has 9 heteroatoms. The van der Waals surface area contributed by atoms with Gasteiger partial charge in [-0.15, -0.1) is 17.7 Å². The first-order valence-electron chi connectivity index (χ1n) is 6.36. The zero-order valence-electron chi connectivity index (χ0n) is 10.9. The maximum absolute atomic E-state index is 10.2. The van der Waals surface area contributed by atoms with Crippen molar-refractivity contribution in [2.45, 2.75) is 29.8 Å². The van der Waals surface area contributed by atoms with Crippen molar-refractivity contribution < 1.29 is 20.1 Å². The van der Waals surface area contributed by atoms with Gasteiger partial charge in [0.15, 0.2) is 0 Å². The molecule has 1 aliphatic heterocycles. The quantitative estimate of drug-likeness (QED) is 0.588. The van der Waals surface area contributed by atoms with Gasteiger partial charge in [-0.3, -0.25) is 0 Å². The van der Waals surface area contributed by atoms with E-state index in [1.807, 2.05) is 16.8 Å². The lowest BCUT2D eigenvalue weighted by Gasteiger charge is -2.40. The number of rotatable bonds is 3. The van der Waals surface area contributed by atoms with Crippen LogP contribution in [0.1, 0.15) is 6.04 Å². The molecule has 21 heavy (non-hydrogen) atoms. The molecule has 1 aliphatic rings. The molecular formula is C12H15N3O4S2. The normalized spacial score (nSPS) is 33.2. The van der Waals surface area contributed by atoms with Crippen LogP contribution >= 0.6 is 24.0 Å². The molecule has 0 unspecified atom stereocenters. The molecule has 0 spiro atoms. The van der Waals surface area contributed by atoms with E-state index in [9.17, 15) is 15.3 Å². The van der Waals surface area contributed by atoms with Crippen molar-refractivity contribution in [3.05, 3.63) is 23.0 Å². The highest BCUT2D eigenvalue weighted by Gasteiger charge is 2.44. The lowest BCUT2D eigenvalue weighted by atomic mass is 9.97. The maximum Gasteiger partial charge on any atom is 0.129 e. The summed E-state index contributed by atoms with van der Waals surface area (Å²) in [6, 6.07) is 1.13. The Kier molecular flexibility index (Phi) is 4.29. The number of hydrogen-bond acceptors (Lipinski definition) is 8. The molecule has 5 atom stereocenters. The number of aliphatic hydroxyl groups is 3. The average molecular weight is 329 g/mol. The molecule has 1 fully saturated rings. The third kappa shape index (κ3) is 2.72. The minimum atomic E-state index is -1.11. The summed E-state index contributed by atoms with van der Waals surface area (Å²) in [5.41, 5.74) is 0.756. The Morgan fingerprint density at radius 3 is 2.86 bits per heavy atom. The SMILES string of the molecule is OC[C@H]1O[C@@H](S)[C@H](O)[C@@H](n2cc(-c3ccsc3)nn2)[C@H]1O. The monoisotopic (exact) mass is 329 g/mol. The molecule has 0 aliphatic carbocycles. The van der Waals surface area contributed by atoms with E-state index in [0.717, 1.165) is 5.56 Å². The van der Waals surface area contributed by atoms with Gasteiger partial charge in [-0.25, -0.2) is 4.68 Å². The number of aromatic nitrogens is 3. The molecular weight excluding hydrogens is 314 g/mol. The first-order chi connectivity index (χ1) is 10.1. The Morgan fingerprint density at radius 1 is 1.38 bits per heavy atom. The number of nitrogens with zero attached hydrogens (tertiary/aromatic N) is 3. The number of hydrogen-bond donors (Lipinski definition) is 4. The van der Waals surface area contributed by atoms with Gasteiger partial charge in [0.05, 0.1) is 12.8 Å². The van der Waals surface area contributed by atoms with Crippen LogP contribution in [-0.4, -0.2) is 60.7 Å². The van der Waals surface area contributed by atoms with E-state index in [4.69, 9.17) is 4.74 Å².